The molecule has 7 nitrogen and oxygen atoms in total. The van der Waals surface area contributed by atoms with Crippen LogP contribution in [0, 0.1) is 0 Å². The van der Waals surface area contributed by atoms with E-state index in [1.807, 2.05) is 0 Å². The van der Waals surface area contributed by atoms with Crippen LogP contribution < -0.4 is 5.73 Å². The molecule has 0 aromatic rings. The van der Waals surface area contributed by atoms with E-state index in [1.54, 1.807) is 0 Å². The third-order valence-corrected chi connectivity index (χ3v) is 6.34. The van der Waals surface area contributed by atoms with E-state index in [1.165, 1.54) is 77.0 Å². The van der Waals surface area contributed by atoms with Gasteiger partial charge in [-0.2, -0.15) is 0 Å². The van der Waals surface area contributed by atoms with E-state index in [0.29, 0.717) is 6.42 Å². The minimum Gasteiger partial charge on any atom is -0.457 e. The lowest BCUT2D eigenvalue weighted by Crippen LogP contribution is -2.27. The molecule has 0 aromatic heterocycles. The lowest BCUT2D eigenvalue weighted by Gasteiger charge is -2.12. The average Bonchev–Trinajstić information content (AvgIpc) is 2.73. The van der Waals surface area contributed by atoms with Crippen molar-refractivity contribution in [1.29, 1.82) is 0 Å². The first-order valence-electron chi connectivity index (χ1n) is 12.3. The standard InChI is InChI=1S/C23H47NO6P/c1-2-3-4-5-6-7-8-9-10-11-12-13-14-15-16-17-23(27)30-21(18-25)19-29-31(28)20-22(24)26/h21-22,25-26H,2-20,24H2,1H3/q+1. The number of hydrogen-bond donors (Lipinski definition) is 3. The molecule has 0 fully saturated rings. The molecule has 31 heavy (non-hydrogen) atoms. The fourth-order valence-electron chi connectivity index (χ4n) is 3.38. The summed E-state index contributed by atoms with van der Waals surface area (Å²) in [5.74, 6) is -0.383. The molecule has 0 heterocycles. The van der Waals surface area contributed by atoms with Crippen molar-refractivity contribution < 1.29 is 28.8 Å². The van der Waals surface area contributed by atoms with Gasteiger partial charge in [0.15, 0.2) is 6.10 Å². The Bertz CT molecular complexity index is 436. The monoisotopic (exact) mass is 464 g/mol. The maximum absolute atomic E-state index is 11.8. The van der Waals surface area contributed by atoms with Gasteiger partial charge in [0.25, 0.3) is 0 Å². The fraction of sp³-hybridized carbons (Fsp3) is 0.957. The summed E-state index contributed by atoms with van der Waals surface area (Å²) >= 11 is 0. The van der Waals surface area contributed by atoms with E-state index < -0.39 is 27.0 Å². The summed E-state index contributed by atoms with van der Waals surface area (Å²) < 4.78 is 21.6. The number of carbonyl (C=O) groups is 1. The van der Waals surface area contributed by atoms with Crippen LogP contribution in [0.15, 0.2) is 0 Å². The van der Waals surface area contributed by atoms with E-state index in [2.05, 4.69) is 6.92 Å². The minimum absolute atomic E-state index is 0.178. The number of carbonyl (C=O) groups excluding carboxylic acids is 1. The second-order valence-electron chi connectivity index (χ2n) is 8.37. The van der Waals surface area contributed by atoms with Gasteiger partial charge in [0, 0.05) is 6.42 Å². The molecule has 0 aliphatic carbocycles. The summed E-state index contributed by atoms with van der Waals surface area (Å²) in [4.78, 5) is 11.8. The maximum atomic E-state index is 11.8. The number of unbranched alkanes of at least 4 members (excludes halogenated alkanes) is 14. The summed E-state index contributed by atoms with van der Waals surface area (Å²) in [5, 5.41) is 18.2. The number of esters is 1. The van der Waals surface area contributed by atoms with E-state index in [9.17, 15) is 14.5 Å². The number of nitrogens with two attached hydrogens (primary N) is 1. The summed E-state index contributed by atoms with van der Waals surface area (Å²) in [6.07, 6.45) is 17.1. The highest BCUT2D eigenvalue weighted by molar-refractivity contribution is 7.39. The molecule has 0 bridgehead atoms. The molecule has 0 saturated carbocycles. The molecule has 8 heteroatoms. The van der Waals surface area contributed by atoms with Crippen molar-refractivity contribution in [2.75, 3.05) is 19.4 Å². The van der Waals surface area contributed by atoms with Gasteiger partial charge in [-0.25, -0.2) is 0 Å². The molecule has 0 spiro atoms. The Morgan fingerprint density at radius 3 is 1.74 bits per heavy atom. The van der Waals surface area contributed by atoms with Gasteiger partial charge in [0.2, 0.25) is 6.16 Å². The number of rotatable bonds is 23. The number of ether oxygens (including phenoxy) is 1. The SMILES string of the molecule is CCCCCCCCCCCCCCCCCC(=O)OC(CO)CO[P+](=O)CC(N)O. The molecule has 0 rings (SSSR count). The van der Waals surface area contributed by atoms with Crippen molar-refractivity contribution in [1.82, 2.24) is 0 Å². The largest absolute Gasteiger partial charge is 0.512 e. The molecule has 0 radical (unpaired) electrons. The summed E-state index contributed by atoms with van der Waals surface area (Å²) in [6, 6.07) is 0. The van der Waals surface area contributed by atoms with E-state index in [4.69, 9.17) is 20.1 Å². The van der Waals surface area contributed by atoms with Gasteiger partial charge in [-0.1, -0.05) is 96.8 Å². The van der Waals surface area contributed by atoms with Gasteiger partial charge in [-0.3, -0.25) is 4.79 Å². The van der Waals surface area contributed by atoms with Crippen LogP contribution in [0.3, 0.4) is 0 Å². The number of hydrogen-bond acceptors (Lipinski definition) is 7. The lowest BCUT2D eigenvalue weighted by atomic mass is 10.0. The Balaban J connectivity index is 3.47. The molecule has 0 aliphatic heterocycles. The van der Waals surface area contributed by atoms with Gasteiger partial charge < -0.3 is 20.7 Å². The molecule has 3 unspecified atom stereocenters. The number of aliphatic hydroxyl groups excluding tert-OH is 2. The highest BCUT2D eigenvalue weighted by Gasteiger charge is 2.24. The van der Waals surface area contributed by atoms with Crippen LogP contribution in [0.1, 0.15) is 110 Å². The smallest absolute Gasteiger partial charge is 0.457 e. The van der Waals surface area contributed by atoms with Gasteiger partial charge in [0.1, 0.15) is 12.8 Å². The van der Waals surface area contributed by atoms with E-state index in [-0.39, 0.29) is 18.7 Å². The number of aliphatic hydroxyl groups is 2. The van der Waals surface area contributed by atoms with Crippen LogP contribution in [0.25, 0.3) is 0 Å². The predicted molar refractivity (Wildman–Crippen MR) is 125 cm³/mol. The lowest BCUT2D eigenvalue weighted by molar-refractivity contribution is -0.152. The van der Waals surface area contributed by atoms with Crippen LogP contribution >= 0.6 is 8.03 Å². The molecule has 0 aliphatic rings. The topological polar surface area (TPSA) is 119 Å². The Morgan fingerprint density at radius 2 is 1.32 bits per heavy atom. The van der Waals surface area contributed by atoms with Crippen molar-refractivity contribution in [3.8, 4) is 0 Å². The van der Waals surface area contributed by atoms with Gasteiger partial charge in [-0.15, -0.1) is 4.52 Å². The summed E-state index contributed by atoms with van der Waals surface area (Å²) in [7, 11) is -2.14. The quantitative estimate of drug-likeness (QED) is 0.0824. The van der Waals surface area contributed by atoms with Crippen LogP contribution in [0.4, 0.5) is 0 Å². The van der Waals surface area contributed by atoms with Crippen LogP contribution in [-0.4, -0.2) is 47.9 Å². The first-order valence-corrected chi connectivity index (χ1v) is 13.7. The highest BCUT2D eigenvalue weighted by atomic mass is 31.1. The van der Waals surface area contributed by atoms with Crippen molar-refractivity contribution in [3.63, 3.8) is 0 Å². The van der Waals surface area contributed by atoms with Crippen molar-refractivity contribution in [2.24, 2.45) is 5.73 Å². The Hall–Kier alpha value is -0.590. The fourth-order valence-corrected chi connectivity index (χ4v) is 4.12. The normalized spacial score (nSPS) is 13.7. The van der Waals surface area contributed by atoms with Crippen LogP contribution in [0.2, 0.25) is 0 Å². The van der Waals surface area contributed by atoms with Gasteiger partial charge in [-0.05, 0) is 11.0 Å². The van der Waals surface area contributed by atoms with E-state index >= 15 is 0 Å². The molecule has 4 N–H and O–H groups in total. The minimum atomic E-state index is -2.14. The zero-order valence-electron chi connectivity index (χ0n) is 19.6. The molecular formula is C23H47NO6P+. The zero-order valence-corrected chi connectivity index (χ0v) is 20.5. The second-order valence-corrected chi connectivity index (χ2v) is 9.66. The molecular weight excluding hydrogens is 417 g/mol. The molecule has 0 amide bonds. The van der Waals surface area contributed by atoms with E-state index in [0.717, 1.165) is 19.3 Å². The molecule has 3 atom stereocenters. The summed E-state index contributed by atoms with van der Waals surface area (Å²) in [5.41, 5.74) is 5.12. The third kappa shape index (κ3) is 22.4. The van der Waals surface area contributed by atoms with Crippen LogP contribution in [-0.2, 0) is 18.6 Å². The second kappa shape index (κ2) is 22.6. The van der Waals surface area contributed by atoms with Crippen molar-refractivity contribution in [3.05, 3.63) is 0 Å². The summed E-state index contributed by atoms with van der Waals surface area (Å²) in [6.45, 7) is 1.67. The van der Waals surface area contributed by atoms with Gasteiger partial charge >= 0.3 is 14.0 Å². The maximum Gasteiger partial charge on any atom is 0.512 e. The van der Waals surface area contributed by atoms with Gasteiger partial charge in [0.05, 0.1) is 6.61 Å². The average molecular weight is 465 g/mol. The Morgan fingerprint density at radius 1 is 0.871 bits per heavy atom. The molecule has 184 valence electrons. The first kappa shape index (κ1) is 30.4. The first-order chi connectivity index (χ1) is 15.0. The Kier molecular flexibility index (Phi) is 22.2. The highest BCUT2D eigenvalue weighted by Crippen LogP contribution is 2.22. The predicted octanol–water partition coefficient (Wildman–Crippen LogP) is 5.19. The third-order valence-electron chi connectivity index (χ3n) is 5.23. The molecule has 0 saturated heterocycles. The van der Waals surface area contributed by atoms with Crippen LogP contribution in [0.5, 0.6) is 0 Å². The Labute approximate surface area is 190 Å². The van der Waals surface area contributed by atoms with Crippen molar-refractivity contribution in [2.45, 2.75) is 122 Å². The molecule has 0 aromatic carbocycles. The zero-order chi connectivity index (χ0) is 23.2. The van der Waals surface area contributed by atoms with Crippen molar-refractivity contribution >= 4 is 14.0 Å².